The largest absolute Gasteiger partial charge is 0.478 e. The Balaban J connectivity index is 1.85. The normalized spacial score (nSPS) is 17.1. The molecule has 0 aliphatic carbocycles. The monoisotopic (exact) mass is 352 g/mol. The molecule has 126 valence electrons. The highest BCUT2D eigenvalue weighted by Crippen LogP contribution is 2.29. The van der Waals surface area contributed by atoms with E-state index in [1.807, 2.05) is 24.3 Å². The summed E-state index contributed by atoms with van der Waals surface area (Å²) in [5.74, 6) is -1.29. The van der Waals surface area contributed by atoms with Crippen LogP contribution < -0.4 is 5.32 Å². The summed E-state index contributed by atoms with van der Waals surface area (Å²) in [5.41, 5.74) is 2.57. The molecule has 2 aromatic rings. The molecule has 25 heavy (non-hydrogen) atoms. The number of aromatic carboxylic acids is 1. The molecule has 1 heterocycles. The van der Waals surface area contributed by atoms with E-state index in [-0.39, 0.29) is 11.5 Å². The molecule has 0 saturated carbocycles. The summed E-state index contributed by atoms with van der Waals surface area (Å²) in [4.78, 5) is 28.2. The van der Waals surface area contributed by atoms with Gasteiger partial charge in [0.25, 0.3) is 5.91 Å². The van der Waals surface area contributed by atoms with Gasteiger partial charge in [0, 0.05) is 0 Å². The maximum atomic E-state index is 12.1. The van der Waals surface area contributed by atoms with E-state index in [9.17, 15) is 14.7 Å². The molecular weight excluding hydrogens is 336 g/mol. The van der Waals surface area contributed by atoms with Crippen molar-refractivity contribution in [3.63, 3.8) is 0 Å². The Morgan fingerprint density at radius 2 is 1.92 bits per heavy atom. The minimum atomic E-state index is -1.05. The first-order chi connectivity index (χ1) is 12.1. The Labute approximate surface area is 149 Å². The number of carbonyl (C=O) groups excluding carboxylic acids is 1. The molecule has 5 nitrogen and oxygen atoms in total. The van der Waals surface area contributed by atoms with Gasteiger partial charge in [-0.15, -0.1) is 0 Å². The fourth-order valence-electron chi connectivity index (χ4n) is 2.34. The van der Waals surface area contributed by atoms with E-state index in [0.29, 0.717) is 15.8 Å². The van der Waals surface area contributed by atoms with Crippen LogP contribution in [0.4, 0.5) is 5.69 Å². The molecule has 1 amide bonds. The smallest absolute Gasteiger partial charge is 0.337 e. The van der Waals surface area contributed by atoms with E-state index in [1.54, 1.807) is 24.3 Å². The van der Waals surface area contributed by atoms with Gasteiger partial charge in [0.15, 0.2) is 5.17 Å². The summed E-state index contributed by atoms with van der Waals surface area (Å²) in [7, 11) is 0. The number of carbonyl (C=O) groups is 2. The third-order valence-corrected chi connectivity index (χ3v) is 4.60. The van der Waals surface area contributed by atoms with Crippen LogP contribution in [0.3, 0.4) is 0 Å². The van der Waals surface area contributed by atoms with Gasteiger partial charge in [-0.2, -0.15) is 0 Å². The topological polar surface area (TPSA) is 78.8 Å². The van der Waals surface area contributed by atoms with Crippen LogP contribution in [-0.2, 0) is 11.2 Å². The van der Waals surface area contributed by atoms with Crippen LogP contribution in [0.1, 0.15) is 28.4 Å². The lowest BCUT2D eigenvalue weighted by molar-refractivity contribution is -0.115. The van der Waals surface area contributed by atoms with Crippen molar-refractivity contribution >= 4 is 40.6 Å². The number of carboxylic acid groups (broad SMARTS) is 1. The van der Waals surface area contributed by atoms with Gasteiger partial charge in [-0.3, -0.25) is 4.79 Å². The summed E-state index contributed by atoms with van der Waals surface area (Å²) >= 11 is 1.20. The molecule has 0 bridgehead atoms. The van der Waals surface area contributed by atoms with Crippen LogP contribution in [0, 0.1) is 0 Å². The van der Waals surface area contributed by atoms with Gasteiger partial charge in [0.1, 0.15) is 0 Å². The van der Waals surface area contributed by atoms with E-state index >= 15 is 0 Å². The number of aliphatic imine (C=N–C) groups is 1. The van der Waals surface area contributed by atoms with Gasteiger partial charge in [0.05, 0.1) is 16.2 Å². The van der Waals surface area contributed by atoms with E-state index < -0.39 is 5.97 Å². The molecule has 0 aromatic heterocycles. The van der Waals surface area contributed by atoms with Gasteiger partial charge in [0.2, 0.25) is 0 Å². The zero-order valence-electron chi connectivity index (χ0n) is 13.5. The minimum absolute atomic E-state index is 0.0948. The number of rotatable bonds is 4. The highest BCUT2D eigenvalue weighted by Gasteiger charge is 2.24. The lowest BCUT2D eigenvalue weighted by Gasteiger charge is -2.01. The first kappa shape index (κ1) is 17.0. The van der Waals surface area contributed by atoms with Crippen LogP contribution in [0.25, 0.3) is 6.08 Å². The van der Waals surface area contributed by atoms with Crippen molar-refractivity contribution in [2.24, 2.45) is 4.99 Å². The van der Waals surface area contributed by atoms with Gasteiger partial charge in [-0.1, -0.05) is 43.3 Å². The Kier molecular flexibility index (Phi) is 5.00. The van der Waals surface area contributed by atoms with Crippen molar-refractivity contribution in [1.29, 1.82) is 0 Å². The predicted molar refractivity (Wildman–Crippen MR) is 100 cm³/mol. The molecular formula is C19H16N2O3S. The Morgan fingerprint density at radius 1 is 1.20 bits per heavy atom. The second kappa shape index (κ2) is 7.36. The molecule has 1 aliphatic rings. The van der Waals surface area contributed by atoms with E-state index in [1.165, 1.54) is 23.4 Å². The Bertz CT molecular complexity index is 886. The second-order valence-corrected chi connectivity index (χ2v) is 6.43. The average Bonchev–Trinajstić information content (AvgIpc) is 2.95. The zero-order valence-corrected chi connectivity index (χ0v) is 14.3. The molecule has 6 heteroatoms. The number of hydrogen-bond donors (Lipinski definition) is 2. The highest BCUT2D eigenvalue weighted by atomic mass is 32.2. The molecule has 3 rings (SSSR count). The summed E-state index contributed by atoms with van der Waals surface area (Å²) in [6, 6.07) is 14.4. The number of aryl methyl sites for hydroxylation is 1. The summed E-state index contributed by atoms with van der Waals surface area (Å²) in [6.07, 6.45) is 2.76. The maximum Gasteiger partial charge on any atom is 0.337 e. The number of nitrogens with zero attached hydrogens (tertiary/aromatic N) is 1. The number of nitrogens with one attached hydrogen (secondary N) is 1. The first-order valence-corrected chi connectivity index (χ1v) is 8.59. The zero-order chi connectivity index (χ0) is 17.8. The van der Waals surface area contributed by atoms with E-state index in [2.05, 4.69) is 17.2 Å². The number of carboxylic acids is 1. The number of benzene rings is 2. The number of amides is 1. The average molecular weight is 352 g/mol. The predicted octanol–water partition coefficient (Wildman–Crippen LogP) is 3.84. The summed E-state index contributed by atoms with van der Waals surface area (Å²) in [6.45, 7) is 2.09. The van der Waals surface area contributed by atoms with Crippen LogP contribution in [0.15, 0.2) is 58.4 Å². The van der Waals surface area contributed by atoms with Crippen molar-refractivity contribution in [3.05, 3.63) is 70.1 Å². The fraction of sp³-hybridized carbons (Fsp3) is 0.105. The van der Waals surface area contributed by atoms with Crippen molar-refractivity contribution in [1.82, 2.24) is 5.32 Å². The number of thioether (sulfide) groups is 1. The van der Waals surface area contributed by atoms with Gasteiger partial charge < -0.3 is 10.4 Å². The van der Waals surface area contributed by atoms with Crippen molar-refractivity contribution in [3.8, 4) is 0 Å². The molecule has 2 aromatic carbocycles. The summed E-state index contributed by atoms with van der Waals surface area (Å²) < 4.78 is 0. The lowest BCUT2D eigenvalue weighted by Crippen LogP contribution is -2.19. The van der Waals surface area contributed by atoms with Crippen LogP contribution >= 0.6 is 11.8 Å². The van der Waals surface area contributed by atoms with Gasteiger partial charge in [-0.25, -0.2) is 9.79 Å². The molecule has 1 fully saturated rings. The number of para-hydroxylation sites is 1. The highest BCUT2D eigenvalue weighted by molar-refractivity contribution is 8.18. The van der Waals surface area contributed by atoms with E-state index in [0.717, 1.165) is 12.0 Å². The molecule has 0 spiro atoms. The third-order valence-electron chi connectivity index (χ3n) is 3.69. The van der Waals surface area contributed by atoms with E-state index in [4.69, 9.17) is 0 Å². The Morgan fingerprint density at radius 3 is 2.60 bits per heavy atom. The van der Waals surface area contributed by atoms with Crippen molar-refractivity contribution in [2.75, 3.05) is 0 Å². The van der Waals surface area contributed by atoms with Crippen molar-refractivity contribution in [2.45, 2.75) is 13.3 Å². The molecule has 0 unspecified atom stereocenters. The molecule has 1 saturated heterocycles. The third kappa shape index (κ3) is 3.97. The molecule has 1 aliphatic heterocycles. The Hall–Kier alpha value is -2.86. The maximum absolute atomic E-state index is 12.1. The quantitative estimate of drug-likeness (QED) is 0.820. The first-order valence-electron chi connectivity index (χ1n) is 7.77. The SMILES string of the molecule is CCc1ccc(/C=C2\SC(=Nc3ccccc3C(=O)O)NC2=O)cc1. The van der Waals surface area contributed by atoms with Gasteiger partial charge in [-0.05, 0) is 47.5 Å². The van der Waals surface area contributed by atoms with Crippen LogP contribution in [0.5, 0.6) is 0 Å². The lowest BCUT2D eigenvalue weighted by atomic mass is 10.1. The second-order valence-electron chi connectivity index (χ2n) is 5.40. The minimum Gasteiger partial charge on any atom is -0.478 e. The van der Waals surface area contributed by atoms with Crippen LogP contribution in [-0.4, -0.2) is 22.2 Å². The molecule has 0 radical (unpaired) electrons. The summed E-state index contributed by atoms with van der Waals surface area (Å²) in [5, 5.41) is 12.3. The number of amidine groups is 1. The fourth-order valence-corrected chi connectivity index (χ4v) is 3.18. The van der Waals surface area contributed by atoms with Crippen LogP contribution in [0.2, 0.25) is 0 Å². The standard InChI is InChI=1S/C19H16N2O3S/c1-2-12-7-9-13(10-8-12)11-16-17(22)21-19(25-16)20-15-6-4-3-5-14(15)18(23)24/h3-11H,2H2,1H3,(H,23,24)(H,20,21,22)/b16-11-. The molecule has 2 N–H and O–H groups in total. The number of hydrogen-bond acceptors (Lipinski definition) is 4. The molecule has 0 atom stereocenters. The van der Waals surface area contributed by atoms with Crippen molar-refractivity contribution < 1.29 is 14.7 Å². The van der Waals surface area contributed by atoms with Gasteiger partial charge >= 0.3 is 5.97 Å².